The van der Waals surface area contributed by atoms with Gasteiger partial charge < -0.3 is 19.3 Å². The Labute approximate surface area is 185 Å². The molecule has 1 saturated carbocycles. The molecule has 1 amide bonds. The molecule has 2 aliphatic heterocycles. The second-order valence-corrected chi connectivity index (χ2v) is 10.0. The van der Waals surface area contributed by atoms with E-state index >= 15 is 0 Å². The van der Waals surface area contributed by atoms with Crippen molar-refractivity contribution in [3.05, 3.63) is 22.4 Å². The van der Waals surface area contributed by atoms with E-state index in [4.69, 9.17) is 14.5 Å². The molecule has 1 aliphatic carbocycles. The van der Waals surface area contributed by atoms with Gasteiger partial charge in [-0.2, -0.15) is 5.26 Å². The minimum absolute atomic E-state index is 0.0253. The maximum atomic E-state index is 12.6. The average Bonchev–Trinajstić information content (AvgIpc) is 3.56. The van der Waals surface area contributed by atoms with Crippen LogP contribution in [0, 0.1) is 17.2 Å². The van der Waals surface area contributed by atoms with Crippen molar-refractivity contribution in [1.29, 1.82) is 5.26 Å². The Morgan fingerprint density at radius 2 is 2.06 bits per heavy atom. The molecular weight excluding hydrogens is 392 g/mol. The summed E-state index contributed by atoms with van der Waals surface area (Å²) in [6, 6.07) is 2.54. The fourth-order valence-electron chi connectivity index (χ4n) is 4.91. The van der Waals surface area contributed by atoms with E-state index < -0.39 is 0 Å². The molecule has 0 spiro atoms. The SMILES string of the molecule is COCC(=O)N1CCN(c2nc(C3CC3)c3c(c2C#N)CC(C)(C)OC3)C[C@H]1C(C)C. The predicted molar refractivity (Wildman–Crippen MR) is 118 cm³/mol. The molecule has 0 unspecified atom stereocenters. The monoisotopic (exact) mass is 426 g/mol. The third kappa shape index (κ3) is 4.28. The molecule has 3 heterocycles. The molecule has 1 saturated heterocycles. The molecule has 1 atom stereocenters. The lowest BCUT2D eigenvalue weighted by Gasteiger charge is -2.44. The highest BCUT2D eigenvalue weighted by atomic mass is 16.5. The number of hydrogen-bond donors (Lipinski definition) is 0. The number of carbonyl (C=O) groups excluding carboxylic acids is 1. The predicted octanol–water partition coefficient (Wildman–Crippen LogP) is 3.00. The van der Waals surface area contributed by atoms with Crippen LogP contribution in [0.25, 0.3) is 0 Å². The molecule has 1 aromatic rings. The van der Waals surface area contributed by atoms with E-state index in [2.05, 4.69) is 38.7 Å². The average molecular weight is 427 g/mol. The van der Waals surface area contributed by atoms with E-state index in [1.54, 1.807) is 7.11 Å². The van der Waals surface area contributed by atoms with Crippen molar-refractivity contribution in [2.24, 2.45) is 5.92 Å². The normalized spacial score (nSPS) is 22.9. The van der Waals surface area contributed by atoms with Gasteiger partial charge in [0.15, 0.2) is 0 Å². The van der Waals surface area contributed by atoms with Crippen LogP contribution < -0.4 is 4.90 Å². The van der Waals surface area contributed by atoms with Gasteiger partial charge in [-0.15, -0.1) is 0 Å². The Balaban J connectivity index is 1.72. The number of nitrogens with zero attached hydrogens (tertiary/aromatic N) is 4. The number of ether oxygens (including phenoxy) is 2. The number of anilines is 1. The summed E-state index contributed by atoms with van der Waals surface area (Å²) in [7, 11) is 1.55. The van der Waals surface area contributed by atoms with Crippen molar-refractivity contribution in [2.45, 2.75) is 71.1 Å². The van der Waals surface area contributed by atoms with Gasteiger partial charge >= 0.3 is 0 Å². The Kier molecular flexibility index (Phi) is 5.97. The number of fused-ring (bicyclic) bond motifs is 1. The Morgan fingerprint density at radius 3 is 2.68 bits per heavy atom. The molecule has 7 heteroatoms. The van der Waals surface area contributed by atoms with Gasteiger partial charge in [0, 0.05) is 44.6 Å². The number of methoxy groups -OCH3 is 1. The molecular formula is C24H34N4O3. The van der Waals surface area contributed by atoms with Crippen LogP contribution in [0.3, 0.4) is 0 Å². The molecule has 4 rings (SSSR count). The second kappa shape index (κ2) is 8.40. The summed E-state index contributed by atoms with van der Waals surface area (Å²) in [5, 5.41) is 10.2. The summed E-state index contributed by atoms with van der Waals surface area (Å²) in [4.78, 5) is 21.8. The number of piperazine rings is 1. The van der Waals surface area contributed by atoms with E-state index in [9.17, 15) is 10.1 Å². The van der Waals surface area contributed by atoms with Crippen molar-refractivity contribution in [1.82, 2.24) is 9.88 Å². The van der Waals surface area contributed by atoms with Crippen LogP contribution >= 0.6 is 0 Å². The summed E-state index contributed by atoms with van der Waals surface area (Å²) in [5.74, 6) is 1.60. The van der Waals surface area contributed by atoms with E-state index in [-0.39, 0.29) is 24.2 Å². The first-order valence-electron chi connectivity index (χ1n) is 11.4. The van der Waals surface area contributed by atoms with Gasteiger partial charge in [0.2, 0.25) is 5.91 Å². The number of amides is 1. The van der Waals surface area contributed by atoms with Crippen LogP contribution in [0.4, 0.5) is 5.82 Å². The zero-order valence-corrected chi connectivity index (χ0v) is 19.4. The lowest BCUT2D eigenvalue weighted by atomic mass is 9.87. The summed E-state index contributed by atoms with van der Waals surface area (Å²) in [6.07, 6.45) is 3.03. The van der Waals surface area contributed by atoms with Gasteiger partial charge in [-0.3, -0.25) is 4.79 Å². The first-order valence-corrected chi connectivity index (χ1v) is 11.4. The van der Waals surface area contributed by atoms with E-state index in [0.29, 0.717) is 43.6 Å². The third-order valence-corrected chi connectivity index (χ3v) is 6.79. The number of pyridine rings is 1. The lowest BCUT2D eigenvalue weighted by Crippen LogP contribution is -2.58. The largest absolute Gasteiger partial charge is 0.375 e. The molecule has 168 valence electrons. The fraction of sp³-hybridized carbons (Fsp3) is 0.708. The quantitative estimate of drug-likeness (QED) is 0.720. The number of aromatic nitrogens is 1. The zero-order valence-electron chi connectivity index (χ0n) is 19.4. The van der Waals surface area contributed by atoms with Gasteiger partial charge in [0.1, 0.15) is 18.5 Å². The topological polar surface area (TPSA) is 78.7 Å². The van der Waals surface area contributed by atoms with Gasteiger partial charge in [-0.1, -0.05) is 13.8 Å². The molecule has 31 heavy (non-hydrogen) atoms. The molecule has 1 aromatic heterocycles. The first kappa shape index (κ1) is 22.0. The van der Waals surface area contributed by atoms with E-state index in [0.717, 1.165) is 41.9 Å². The molecule has 2 fully saturated rings. The zero-order chi connectivity index (χ0) is 22.3. The van der Waals surface area contributed by atoms with Crippen molar-refractivity contribution in [2.75, 3.05) is 38.3 Å². The molecule has 7 nitrogen and oxygen atoms in total. The fourth-order valence-corrected chi connectivity index (χ4v) is 4.91. The molecule has 0 bridgehead atoms. The van der Waals surface area contributed by atoms with Crippen molar-refractivity contribution >= 4 is 11.7 Å². The Hall–Kier alpha value is -2.17. The highest BCUT2D eigenvalue weighted by Gasteiger charge is 2.39. The van der Waals surface area contributed by atoms with Crippen LogP contribution in [0.15, 0.2) is 0 Å². The van der Waals surface area contributed by atoms with Crippen LogP contribution in [0.2, 0.25) is 0 Å². The number of nitriles is 1. The maximum absolute atomic E-state index is 12.6. The van der Waals surface area contributed by atoms with E-state index in [1.165, 1.54) is 0 Å². The standard InChI is InChI=1S/C24H34N4O3/c1-15(2)20-12-27(8-9-28(20)21(29)14-30-5)23-18(11-25)17-10-24(3,4)31-13-19(17)22(26-23)16-6-7-16/h15-16,20H,6-10,12-14H2,1-5H3/t20-/m0/s1. The van der Waals surface area contributed by atoms with Crippen LogP contribution in [-0.2, 0) is 27.3 Å². The number of rotatable bonds is 5. The van der Waals surface area contributed by atoms with Gasteiger partial charge in [0.05, 0.1) is 29.5 Å². The minimum atomic E-state index is -0.288. The summed E-state index contributed by atoms with van der Waals surface area (Å²) in [5.41, 5.74) is 3.78. The van der Waals surface area contributed by atoms with E-state index in [1.807, 2.05) is 4.90 Å². The summed E-state index contributed by atoms with van der Waals surface area (Å²) in [6.45, 7) is 11.0. The molecule has 0 N–H and O–H groups in total. The minimum Gasteiger partial charge on any atom is -0.375 e. The van der Waals surface area contributed by atoms with Crippen molar-refractivity contribution in [3.63, 3.8) is 0 Å². The van der Waals surface area contributed by atoms with Crippen LogP contribution in [0.5, 0.6) is 0 Å². The van der Waals surface area contributed by atoms with Crippen LogP contribution in [-0.4, -0.2) is 60.8 Å². The highest BCUT2D eigenvalue weighted by Crippen LogP contribution is 2.45. The summed E-state index contributed by atoms with van der Waals surface area (Å²) >= 11 is 0. The highest BCUT2D eigenvalue weighted by molar-refractivity contribution is 5.78. The van der Waals surface area contributed by atoms with Gasteiger partial charge in [-0.25, -0.2) is 4.98 Å². The molecule has 0 aromatic carbocycles. The number of hydrogen-bond acceptors (Lipinski definition) is 6. The van der Waals surface area contributed by atoms with Gasteiger partial charge in [0.25, 0.3) is 0 Å². The molecule has 3 aliphatic rings. The van der Waals surface area contributed by atoms with Gasteiger partial charge in [-0.05, 0) is 38.2 Å². The number of carbonyl (C=O) groups is 1. The van der Waals surface area contributed by atoms with Crippen molar-refractivity contribution in [3.8, 4) is 6.07 Å². The smallest absolute Gasteiger partial charge is 0.248 e. The molecule has 0 radical (unpaired) electrons. The Bertz CT molecular complexity index is 901. The second-order valence-electron chi connectivity index (χ2n) is 10.0. The maximum Gasteiger partial charge on any atom is 0.248 e. The Morgan fingerprint density at radius 1 is 1.32 bits per heavy atom. The summed E-state index contributed by atoms with van der Waals surface area (Å²) < 4.78 is 11.2. The first-order chi connectivity index (χ1) is 14.8. The lowest BCUT2D eigenvalue weighted by molar-refractivity contribution is -0.139. The van der Waals surface area contributed by atoms with Crippen LogP contribution in [0.1, 0.15) is 68.8 Å². The van der Waals surface area contributed by atoms with Crippen molar-refractivity contribution < 1.29 is 14.3 Å². The third-order valence-electron chi connectivity index (χ3n) is 6.79.